The van der Waals surface area contributed by atoms with Crippen LogP contribution in [0.2, 0.25) is 0 Å². The van der Waals surface area contributed by atoms with Crippen LogP contribution in [0.15, 0.2) is 30.3 Å². The third-order valence-corrected chi connectivity index (χ3v) is 7.99. The van der Waals surface area contributed by atoms with Crippen molar-refractivity contribution in [2.24, 2.45) is 11.8 Å². The normalized spacial score (nSPS) is 25.1. The molecule has 5 rings (SSSR count). The summed E-state index contributed by atoms with van der Waals surface area (Å²) in [6, 6.07) is 8.59. The van der Waals surface area contributed by atoms with Crippen molar-refractivity contribution in [3.05, 3.63) is 52.6 Å². The van der Waals surface area contributed by atoms with Crippen molar-refractivity contribution in [1.82, 2.24) is 10.2 Å². The third kappa shape index (κ3) is 3.98. The Labute approximate surface area is 202 Å². The Morgan fingerprint density at radius 3 is 2.50 bits per heavy atom. The maximum absolute atomic E-state index is 10.3. The van der Waals surface area contributed by atoms with Gasteiger partial charge < -0.3 is 24.6 Å². The molecule has 0 amide bonds. The van der Waals surface area contributed by atoms with Crippen LogP contribution in [0.3, 0.4) is 0 Å². The number of allylic oxidation sites excluding steroid dienone is 1. The van der Waals surface area contributed by atoms with E-state index < -0.39 is 0 Å². The van der Waals surface area contributed by atoms with E-state index >= 15 is 0 Å². The molecule has 0 spiro atoms. The molecular weight excluding hydrogens is 428 g/mol. The number of ether oxygens (including phenoxy) is 3. The Kier molecular flexibility index (Phi) is 6.34. The Balaban J connectivity index is 1.50. The average Bonchev–Trinajstić information content (AvgIpc) is 2.87. The quantitative estimate of drug-likeness (QED) is 0.677. The van der Waals surface area contributed by atoms with Gasteiger partial charge in [-0.15, -0.1) is 0 Å². The highest BCUT2D eigenvalue weighted by Gasteiger charge is 2.38. The number of phenols is 1. The molecule has 3 aliphatic rings. The molecule has 34 heavy (non-hydrogen) atoms. The number of nitrogens with zero attached hydrogens (tertiary/aromatic N) is 1. The van der Waals surface area contributed by atoms with Crippen molar-refractivity contribution in [3.63, 3.8) is 0 Å². The number of benzene rings is 2. The van der Waals surface area contributed by atoms with E-state index in [0.717, 1.165) is 62.4 Å². The molecule has 2 aromatic carbocycles. The van der Waals surface area contributed by atoms with E-state index in [1.54, 1.807) is 21.3 Å². The minimum Gasteiger partial charge on any atom is -0.504 e. The molecule has 0 aromatic heterocycles. The predicted molar refractivity (Wildman–Crippen MR) is 134 cm³/mol. The number of methoxy groups -OCH3 is 3. The zero-order valence-electron chi connectivity index (χ0n) is 20.7. The predicted octanol–water partition coefficient (Wildman–Crippen LogP) is 4.55. The fraction of sp³-hybridized carbons (Fsp3) is 0.500. The van der Waals surface area contributed by atoms with Crippen molar-refractivity contribution < 1.29 is 19.3 Å². The van der Waals surface area contributed by atoms with Crippen LogP contribution in [-0.4, -0.2) is 51.0 Å². The lowest BCUT2D eigenvalue weighted by atomic mass is 9.75. The number of hydrogen-bond donors (Lipinski definition) is 2. The van der Waals surface area contributed by atoms with Crippen LogP contribution in [0.1, 0.15) is 48.1 Å². The van der Waals surface area contributed by atoms with E-state index in [9.17, 15) is 5.11 Å². The molecule has 3 atom stereocenters. The molecule has 2 aromatic rings. The highest BCUT2D eigenvalue weighted by Crippen LogP contribution is 2.46. The van der Waals surface area contributed by atoms with Crippen molar-refractivity contribution in [3.8, 4) is 23.0 Å². The smallest absolute Gasteiger partial charge is 0.161 e. The SMILES string of the molecule is CCC1CN2CCc3cc(OC)c(OC)cc3C2CC1C=C1NCCc2cc(O)c(OC)cc21. The van der Waals surface area contributed by atoms with E-state index in [0.29, 0.717) is 23.6 Å². The molecule has 0 aliphatic carbocycles. The third-order valence-electron chi connectivity index (χ3n) is 7.99. The first-order valence-corrected chi connectivity index (χ1v) is 12.4. The van der Waals surface area contributed by atoms with Gasteiger partial charge in [0, 0.05) is 36.9 Å². The summed E-state index contributed by atoms with van der Waals surface area (Å²) < 4.78 is 16.6. The number of rotatable bonds is 5. The lowest BCUT2D eigenvalue weighted by Crippen LogP contribution is -2.45. The van der Waals surface area contributed by atoms with Crippen LogP contribution in [0.4, 0.5) is 0 Å². The molecular formula is C28H36N2O4. The molecule has 0 bridgehead atoms. The first-order valence-electron chi connectivity index (χ1n) is 12.4. The van der Waals surface area contributed by atoms with Gasteiger partial charge in [0.05, 0.1) is 21.3 Å². The van der Waals surface area contributed by atoms with Gasteiger partial charge in [-0.25, -0.2) is 0 Å². The second-order valence-electron chi connectivity index (χ2n) is 9.67. The molecule has 0 radical (unpaired) electrons. The van der Waals surface area contributed by atoms with Gasteiger partial charge in [-0.3, -0.25) is 4.90 Å². The summed E-state index contributed by atoms with van der Waals surface area (Å²) in [6.07, 6.45) is 6.64. The van der Waals surface area contributed by atoms with E-state index in [2.05, 4.69) is 35.3 Å². The topological polar surface area (TPSA) is 63.2 Å². The molecule has 0 saturated carbocycles. The van der Waals surface area contributed by atoms with E-state index in [1.807, 2.05) is 12.1 Å². The minimum absolute atomic E-state index is 0.213. The molecule has 1 saturated heterocycles. The van der Waals surface area contributed by atoms with Gasteiger partial charge in [0.15, 0.2) is 23.0 Å². The van der Waals surface area contributed by atoms with Crippen LogP contribution in [0, 0.1) is 11.8 Å². The summed E-state index contributed by atoms with van der Waals surface area (Å²) in [7, 11) is 5.02. The van der Waals surface area contributed by atoms with Gasteiger partial charge in [0.25, 0.3) is 0 Å². The molecule has 6 heteroatoms. The molecule has 182 valence electrons. The number of nitrogens with one attached hydrogen (secondary N) is 1. The van der Waals surface area contributed by atoms with Crippen LogP contribution < -0.4 is 19.5 Å². The second kappa shape index (κ2) is 9.41. The van der Waals surface area contributed by atoms with Gasteiger partial charge in [0.1, 0.15) is 0 Å². The van der Waals surface area contributed by atoms with E-state index in [1.165, 1.54) is 22.4 Å². The standard InChI is InChI=1S/C28H36N2O4/c1-5-17-16-30-9-7-19-13-27(33-3)28(34-4)15-22(19)24(30)11-20(17)10-23-21-14-26(32-2)25(31)12-18(21)6-8-29-23/h10,12-15,17,20,24,29,31H,5-9,11,16H2,1-4H3. The minimum atomic E-state index is 0.213. The summed E-state index contributed by atoms with van der Waals surface area (Å²) in [6.45, 7) is 5.38. The van der Waals surface area contributed by atoms with Gasteiger partial charge in [-0.05, 0) is 72.1 Å². The monoisotopic (exact) mass is 464 g/mol. The van der Waals surface area contributed by atoms with E-state index in [-0.39, 0.29) is 5.75 Å². The molecule has 3 unspecified atom stereocenters. The fourth-order valence-electron chi connectivity index (χ4n) is 6.12. The summed E-state index contributed by atoms with van der Waals surface area (Å²) >= 11 is 0. The molecule has 3 aliphatic heterocycles. The number of fused-ring (bicyclic) bond motifs is 4. The maximum Gasteiger partial charge on any atom is 0.161 e. The van der Waals surface area contributed by atoms with Crippen molar-refractivity contribution in [2.75, 3.05) is 41.0 Å². The molecule has 1 fully saturated rings. The summed E-state index contributed by atoms with van der Waals surface area (Å²) in [5.74, 6) is 3.43. The lowest BCUT2D eigenvalue weighted by molar-refractivity contribution is 0.0693. The first-order chi connectivity index (χ1) is 16.6. The van der Waals surface area contributed by atoms with Gasteiger partial charge in [-0.1, -0.05) is 19.4 Å². The number of hydrogen-bond acceptors (Lipinski definition) is 6. The Bertz CT molecular complexity index is 1100. The molecule has 6 nitrogen and oxygen atoms in total. The molecule has 3 heterocycles. The van der Waals surface area contributed by atoms with Crippen molar-refractivity contribution in [1.29, 1.82) is 0 Å². The summed E-state index contributed by atoms with van der Waals surface area (Å²) in [5, 5.41) is 13.9. The average molecular weight is 465 g/mol. The second-order valence-corrected chi connectivity index (χ2v) is 9.67. The van der Waals surface area contributed by atoms with Crippen LogP contribution in [-0.2, 0) is 12.8 Å². The summed E-state index contributed by atoms with van der Waals surface area (Å²) in [5.41, 5.74) is 6.24. The number of phenolic OH excluding ortho intramolecular Hbond substituents is 1. The van der Waals surface area contributed by atoms with Crippen molar-refractivity contribution in [2.45, 2.75) is 38.6 Å². The lowest BCUT2D eigenvalue weighted by Gasteiger charge is -2.47. The Hall–Kier alpha value is -2.86. The summed E-state index contributed by atoms with van der Waals surface area (Å²) in [4.78, 5) is 2.67. The van der Waals surface area contributed by atoms with Crippen LogP contribution in [0.25, 0.3) is 5.70 Å². The van der Waals surface area contributed by atoms with Crippen LogP contribution in [0.5, 0.6) is 23.0 Å². The number of aromatic hydroxyl groups is 1. The fourth-order valence-corrected chi connectivity index (χ4v) is 6.12. The Morgan fingerprint density at radius 1 is 1.00 bits per heavy atom. The van der Waals surface area contributed by atoms with Crippen LogP contribution >= 0.6 is 0 Å². The first kappa shape index (κ1) is 22.9. The highest BCUT2D eigenvalue weighted by atomic mass is 16.5. The van der Waals surface area contributed by atoms with Gasteiger partial charge >= 0.3 is 0 Å². The van der Waals surface area contributed by atoms with Crippen molar-refractivity contribution >= 4 is 5.70 Å². The molecule has 2 N–H and O–H groups in total. The largest absolute Gasteiger partial charge is 0.504 e. The maximum atomic E-state index is 10.3. The zero-order chi connectivity index (χ0) is 23.8. The van der Waals surface area contributed by atoms with Gasteiger partial charge in [0.2, 0.25) is 0 Å². The van der Waals surface area contributed by atoms with E-state index in [4.69, 9.17) is 14.2 Å². The zero-order valence-corrected chi connectivity index (χ0v) is 20.7. The van der Waals surface area contributed by atoms with Gasteiger partial charge in [-0.2, -0.15) is 0 Å². The highest BCUT2D eigenvalue weighted by molar-refractivity contribution is 5.71. The Morgan fingerprint density at radius 2 is 1.76 bits per heavy atom. The number of piperidine rings is 1.